The molecule has 3 rings (SSSR count). The van der Waals surface area contributed by atoms with Crippen molar-refractivity contribution in [2.75, 3.05) is 6.61 Å². The van der Waals surface area contributed by atoms with Crippen LogP contribution in [0.25, 0.3) is 11.4 Å². The molecule has 2 aromatic heterocycles. The molecule has 6 nitrogen and oxygen atoms in total. The summed E-state index contributed by atoms with van der Waals surface area (Å²) in [7, 11) is 0. The summed E-state index contributed by atoms with van der Waals surface area (Å²) in [6.45, 7) is 8.62. The SMILES string of the molecule is CCCc1cc(CCCOc2c(C)cc(-c3noc(C)n3)cc2C)no1. The highest BCUT2D eigenvalue weighted by molar-refractivity contribution is 5.60. The number of ether oxygens (including phenoxy) is 1. The van der Waals surface area contributed by atoms with Gasteiger partial charge in [0.05, 0.1) is 12.3 Å². The Kier molecular flexibility index (Phi) is 5.71. The Labute approximate surface area is 153 Å². The van der Waals surface area contributed by atoms with Crippen molar-refractivity contribution in [2.45, 2.75) is 53.4 Å². The fourth-order valence-electron chi connectivity index (χ4n) is 2.99. The van der Waals surface area contributed by atoms with Gasteiger partial charge in [0.15, 0.2) is 0 Å². The lowest BCUT2D eigenvalue weighted by molar-refractivity contribution is 0.304. The van der Waals surface area contributed by atoms with Gasteiger partial charge in [-0.3, -0.25) is 0 Å². The zero-order valence-electron chi connectivity index (χ0n) is 15.8. The van der Waals surface area contributed by atoms with Crippen molar-refractivity contribution < 1.29 is 13.8 Å². The Morgan fingerprint density at radius 3 is 2.38 bits per heavy atom. The second kappa shape index (κ2) is 8.17. The topological polar surface area (TPSA) is 74.2 Å². The number of hydrogen-bond donors (Lipinski definition) is 0. The maximum atomic E-state index is 6.02. The van der Waals surface area contributed by atoms with Crippen molar-refractivity contribution in [3.63, 3.8) is 0 Å². The Balaban J connectivity index is 1.57. The predicted molar refractivity (Wildman–Crippen MR) is 98.3 cm³/mol. The summed E-state index contributed by atoms with van der Waals surface area (Å²) < 4.78 is 16.4. The summed E-state index contributed by atoms with van der Waals surface area (Å²) in [5, 5.41) is 8.09. The van der Waals surface area contributed by atoms with Crippen LogP contribution >= 0.6 is 0 Å². The van der Waals surface area contributed by atoms with E-state index in [0.717, 1.165) is 59.6 Å². The van der Waals surface area contributed by atoms with E-state index in [9.17, 15) is 0 Å². The summed E-state index contributed by atoms with van der Waals surface area (Å²) in [6.07, 6.45) is 3.75. The van der Waals surface area contributed by atoms with Crippen LogP contribution in [0.3, 0.4) is 0 Å². The van der Waals surface area contributed by atoms with E-state index in [0.29, 0.717) is 18.3 Å². The Morgan fingerprint density at radius 1 is 0.962 bits per heavy atom. The zero-order valence-corrected chi connectivity index (χ0v) is 15.8. The van der Waals surface area contributed by atoms with E-state index in [1.807, 2.05) is 32.0 Å². The second-order valence-corrected chi connectivity index (χ2v) is 6.56. The molecule has 26 heavy (non-hydrogen) atoms. The molecule has 0 spiro atoms. The fourth-order valence-corrected chi connectivity index (χ4v) is 2.99. The molecule has 3 aromatic rings. The number of aryl methyl sites for hydroxylation is 5. The quantitative estimate of drug-likeness (QED) is 0.549. The highest BCUT2D eigenvalue weighted by Crippen LogP contribution is 2.29. The Bertz CT molecular complexity index is 844. The third-order valence-electron chi connectivity index (χ3n) is 4.17. The number of benzene rings is 1. The summed E-state index contributed by atoms with van der Waals surface area (Å²) in [5.41, 5.74) is 4.06. The van der Waals surface area contributed by atoms with Crippen molar-refractivity contribution in [2.24, 2.45) is 0 Å². The minimum Gasteiger partial charge on any atom is -0.493 e. The number of rotatable bonds is 8. The normalized spacial score (nSPS) is 11.1. The van der Waals surface area contributed by atoms with E-state index < -0.39 is 0 Å². The van der Waals surface area contributed by atoms with Crippen molar-refractivity contribution in [3.05, 3.63) is 46.7 Å². The van der Waals surface area contributed by atoms with Gasteiger partial charge >= 0.3 is 0 Å². The van der Waals surface area contributed by atoms with E-state index in [1.54, 1.807) is 6.92 Å². The molecule has 0 aliphatic rings. The molecule has 0 aliphatic carbocycles. The summed E-state index contributed by atoms with van der Waals surface area (Å²) in [4.78, 5) is 4.28. The van der Waals surface area contributed by atoms with Gasteiger partial charge in [0.2, 0.25) is 11.7 Å². The smallest absolute Gasteiger partial charge is 0.223 e. The molecule has 138 valence electrons. The molecule has 6 heteroatoms. The van der Waals surface area contributed by atoms with Crippen LogP contribution in [-0.4, -0.2) is 21.9 Å². The zero-order chi connectivity index (χ0) is 18.5. The standard InChI is InChI=1S/C20H25N3O3/c1-5-7-18-12-17(22-26-18)8-6-9-24-19-13(2)10-16(11-14(19)3)20-21-15(4)25-23-20/h10-12H,5-9H2,1-4H3. The molecule has 1 aromatic carbocycles. The van der Waals surface area contributed by atoms with Crippen molar-refractivity contribution in [1.29, 1.82) is 0 Å². The first-order chi connectivity index (χ1) is 12.6. The van der Waals surface area contributed by atoms with Gasteiger partial charge in [-0.15, -0.1) is 0 Å². The molecule has 0 N–H and O–H groups in total. The lowest BCUT2D eigenvalue weighted by Gasteiger charge is -2.13. The van der Waals surface area contributed by atoms with Gasteiger partial charge in [-0.25, -0.2) is 0 Å². The van der Waals surface area contributed by atoms with Crippen LogP contribution in [0.1, 0.15) is 48.2 Å². The van der Waals surface area contributed by atoms with Gasteiger partial charge in [0.25, 0.3) is 0 Å². The van der Waals surface area contributed by atoms with Crippen LogP contribution in [0.5, 0.6) is 5.75 Å². The van der Waals surface area contributed by atoms with E-state index in [2.05, 4.69) is 22.2 Å². The minimum atomic E-state index is 0.561. The fraction of sp³-hybridized carbons (Fsp3) is 0.450. The third-order valence-corrected chi connectivity index (χ3v) is 4.17. The van der Waals surface area contributed by atoms with Crippen molar-refractivity contribution in [3.8, 4) is 17.1 Å². The molecule has 0 fully saturated rings. The summed E-state index contributed by atoms with van der Waals surface area (Å²) in [6, 6.07) is 6.10. The monoisotopic (exact) mass is 355 g/mol. The highest BCUT2D eigenvalue weighted by atomic mass is 16.5. The molecule has 0 atom stereocenters. The molecule has 0 saturated carbocycles. The molecule has 0 amide bonds. The van der Waals surface area contributed by atoms with Gasteiger partial charge in [0, 0.05) is 25.0 Å². The van der Waals surface area contributed by atoms with Gasteiger partial charge in [0.1, 0.15) is 11.5 Å². The average Bonchev–Trinajstić information content (AvgIpc) is 3.23. The van der Waals surface area contributed by atoms with Crippen LogP contribution in [0.15, 0.2) is 27.2 Å². The first-order valence-corrected chi connectivity index (χ1v) is 9.06. The summed E-state index contributed by atoms with van der Waals surface area (Å²) >= 11 is 0. The van der Waals surface area contributed by atoms with Gasteiger partial charge in [-0.05, 0) is 56.4 Å². The van der Waals surface area contributed by atoms with Gasteiger partial charge in [-0.2, -0.15) is 4.98 Å². The van der Waals surface area contributed by atoms with Crippen LogP contribution < -0.4 is 4.74 Å². The molecule has 0 bridgehead atoms. The van der Waals surface area contributed by atoms with Gasteiger partial charge < -0.3 is 13.8 Å². The number of nitrogens with zero attached hydrogens (tertiary/aromatic N) is 3. The Morgan fingerprint density at radius 2 is 1.73 bits per heavy atom. The molecule has 2 heterocycles. The molecule has 0 aliphatic heterocycles. The average molecular weight is 355 g/mol. The van der Waals surface area contributed by atoms with Crippen molar-refractivity contribution in [1.82, 2.24) is 15.3 Å². The molecule has 0 radical (unpaired) electrons. The van der Waals surface area contributed by atoms with E-state index in [4.69, 9.17) is 13.8 Å². The first-order valence-electron chi connectivity index (χ1n) is 9.06. The van der Waals surface area contributed by atoms with Crippen LogP contribution in [0, 0.1) is 20.8 Å². The Hall–Kier alpha value is -2.63. The third kappa shape index (κ3) is 4.31. The summed E-state index contributed by atoms with van der Waals surface area (Å²) in [5.74, 6) is 3.04. The second-order valence-electron chi connectivity index (χ2n) is 6.56. The molecular formula is C20H25N3O3. The van der Waals surface area contributed by atoms with Crippen molar-refractivity contribution >= 4 is 0 Å². The number of aromatic nitrogens is 3. The minimum absolute atomic E-state index is 0.561. The lowest BCUT2D eigenvalue weighted by Crippen LogP contribution is -2.03. The van der Waals surface area contributed by atoms with E-state index >= 15 is 0 Å². The largest absolute Gasteiger partial charge is 0.493 e. The lowest BCUT2D eigenvalue weighted by atomic mass is 10.1. The molecular weight excluding hydrogens is 330 g/mol. The molecule has 0 saturated heterocycles. The molecule has 0 unspecified atom stereocenters. The predicted octanol–water partition coefficient (Wildman–Crippen LogP) is 4.61. The number of hydrogen-bond acceptors (Lipinski definition) is 6. The van der Waals surface area contributed by atoms with E-state index in [1.165, 1.54) is 0 Å². The van der Waals surface area contributed by atoms with E-state index in [-0.39, 0.29) is 0 Å². The highest BCUT2D eigenvalue weighted by Gasteiger charge is 2.12. The van der Waals surface area contributed by atoms with Crippen LogP contribution in [0.4, 0.5) is 0 Å². The van der Waals surface area contributed by atoms with Crippen LogP contribution in [0.2, 0.25) is 0 Å². The first kappa shape index (κ1) is 18.2. The van der Waals surface area contributed by atoms with Crippen LogP contribution in [-0.2, 0) is 12.8 Å². The maximum Gasteiger partial charge on any atom is 0.223 e. The maximum absolute atomic E-state index is 6.02. The van der Waals surface area contributed by atoms with Gasteiger partial charge in [-0.1, -0.05) is 17.2 Å².